The van der Waals surface area contributed by atoms with Crippen LogP contribution in [0.5, 0.6) is 0 Å². The van der Waals surface area contributed by atoms with E-state index < -0.39 is 0 Å². The first-order valence-electron chi connectivity index (χ1n) is 6.33. The summed E-state index contributed by atoms with van der Waals surface area (Å²) in [6, 6.07) is 16.8. The van der Waals surface area contributed by atoms with Gasteiger partial charge in [-0.25, -0.2) is 0 Å². The number of benzene rings is 2. The smallest absolute Gasteiger partial charge is 0.0784 e. The van der Waals surface area contributed by atoms with Crippen LogP contribution >= 0.6 is 0 Å². The fourth-order valence-electron chi connectivity index (χ4n) is 2.29. The van der Waals surface area contributed by atoms with Gasteiger partial charge in [-0.2, -0.15) is 0 Å². The summed E-state index contributed by atoms with van der Waals surface area (Å²) in [5.41, 5.74) is 8.09. The lowest BCUT2D eigenvalue weighted by Crippen LogP contribution is -2.10. The van der Waals surface area contributed by atoms with E-state index in [4.69, 9.17) is 10.7 Å². The van der Waals surface area contributed by atoms with E-state index in [1.807, 2.05) is 6.07 Å². The largest absolute Gasteiger partial charge is 0.323 e. The van der Waals surface area contributed by atoms with Crippen LogP contribution in [-0.2, 0) is 0 Å². The van der Waals surface area contributed by atoms with E-state index in [0.717, 1.165) is 17.6 Å². The minimum Gasteiger partial charge on any atom is -0.323 e. The predicted octanol–water partition coefficient (Wildman–Crippen LogP) is 3.80. The van der Waals surface area contributed by atoms with Gasteiger partial charge >= 0.3 is 0 Å². The van der Waals surface area contributed by atoms with Crippen molar-refractivity contribution in [2.24, 2.45) is 5.73 Å². The minimum atomic E-state index is 0.0216. The fraction of sp³-hybridized carbons (Fsp3) is 0.188. The molecule has 90 valence electrons. The van der Waals surface area contributed by atoms with E-state index in [9.17, 15) is 0 Å². The Morgan fingerprint density at radius 1 is 1.00 bits per heavy atom. The average molecular weight is 236 g/mol. The van der Waals surface area contributed by atoms with Crippen molar-refractivity contribution in [1.82, 2.24) is 4.98 Å². The van der Waals surface area contributed by atoms with Crippen molar-refractivity contribution in [2.75, 3.05) is 0 Å². The normalized spacial score (nSPS) is 13.0. The summed E-state index contributed by atoms with van der Waals surface area (Å²) in [4.78, 5) is 4.75. The molecule has 2 nitrogen and oxygen atoms in total. The maximum atomic E-state index is 6.07. The second-order valence-electron chi connectivity index (χ2n) is 4.61. The van der Waals surface area contributed by atoms with E-state index >= 15 is 0 Å². The quantitative estimate of drug-likeness (QED) is 0.687. The average Bonchev–Trinajstić information content (AvgIpc) is 2.45. The highest BCUT2D eigenvalue weighted by Gasteiger charge is 2.07. The molecule has 18 heavy (non-hydrogen) atoms. The summed E-state index contributed by atoms with van der Waals surface area (Å²) in [6.45, 7) is 2.08. The SMILES string of the molecule is CCC(N)c1ccc2ccc3ccccc3c2n1. The number of aromatic nitrogens is 1. The van der Waals surface area contributed by atoms with Gasteiger partial charge < -0.3 is 5.73 Å². The topological polar surface area (TPSA) is 38.9 Å². The zero-order chi connectivity index (χ0) is 12.5. The van der Waals surface area contributed by atoms with Gasteiger partial charge in [0.05, 0.1) is 11.2 Å². The monoisotopic (exact) mass is 236 g/mol. The summed E-state index contributed by atoms with van der Waals surface area (Å²) in [5.74, 6) is 0. The van der Waals surface area contributed by atoms with Crippen molar-refractivity contribution in [1.29, 1.82) is 0 Å². The highest BCUT2D eigenvalue weighted by atomic mass is 14.8. The van der Waals surface area contributed by atoms with Crippen LogP contribution in [-0.4, -0.2) is 4.98 Å². The molecule has 1 atom stereocenters. The lowest BCUT2D eigenvalue weighted by Gasteiger charge is -2.10. The summed E-state index contributed by atoms with van der Waals surface area (Å²) >= 11 is 0. The predicted molar refractivity (Wildman–Crippen MR) is 76.5 cm³/mol. The van der Waals surface area contributed by atoms with Crippen LogP contribution in [0.15, 0.2) is 48.5 Å². The van der Waals surface area contributed by atoms with E-state index in [1.54, 1.807) is 0 Å². The number of fused-ring (bicyclic) bond motifs is 3. The molecule has 2 heteroatoms. The fourth-order valence-corrected chi connectivity index (χ4v) is 2.29. The van der Waals surface area contributed by atoms with Crippen molar-refractivity contribution in [2.45, 2.75) is 19.4 Å². The van der Waals surface area contributed by atoms with Crippen LogP contribution in [0.2, 0.25) is 0 Å². The highest BCUT2D eigenvalue weighted by molar-refractivity contribution is 6.05. The molecular formula is C16H16N2. The second-order valence-corrected chi connectivity index (χ2v) is 4.61. The van der Waals surface area contributed by atoms with Crippen LogP contribution in [0.1, 0.15) is 25.1 Å². The van der Waals surface area contributed by atoms with E-state index in [1.165, 1.54) is 16.2 Å². The van der Waals surface area contributed by atoms with Gasteiger partial charge in [-0.05, 0) is 17.9 Å². The van der Waals surface area contributed by atoms with Crippen LogP contribution in [0, 0.1) is 0 Å². The molecule has 0 bridgehead atoms. The standard InChI is InChI=1S/C16H16N2/c1-2-14(17)15-10-9-12-8-7-11-5-3-4-6-13(11)16(12)18-15/h3-10,14H,2,17H2,1H3. The number of rotatable bonds is 2. The zero-order valence-corrected chi connectivity index (χ0v) is 10.4. The van der Waals surface area contributed by atoms with Gasteiger partial charge in [0.2, 0.25) is 0 Å². The first-order valence-corrected chi connectivity index (χ1v) is 6.33. The highest BCUT2D eigenvalue weighted by Crippen LogP contribution is 2.25. The molecule has 0 saturated carbocycles. The molecule has 0 spiro atoms. The first-order chi connectivity index (χ1) is 8.79. The van der Waals surface area contributed by atoms with Gasteiger partial charge in [-0.1, -0.05) is 49.4 Å². The number of hydrogen-bond donors (Lipinski definition) is 1. The Morgan fingerprint density at radius 2 is 1.72 bits per heavy atom. The third kappa shape index (κ3) is 1.75. The Morgan fingerprint density at radius 3 is 2.56 bits per heavy atom. The molecule has 0 amide bonds. The Hall–Kier alpha value is -1.93. The molecule has 0 fully saturated rings. The summed E-state index contributed by atoms with van der Waals surface area (Å²) in [7, 11) is 0. The van der Waals surface area contributed by atoms with Crippen LogP contribution in [0.4, 0.5) is 0 Å². The molecule has 0 aliphatic carbocycles. The molecule has 0 aliphatic heterocycles. The van der Waals surface area contributed by atoms with Crippen LogP contribution in [0.3, 0.4) is 0 Å². The summed E-state index contributed by atoms with van der Waals surface area (Å²) in [5, 5.41) is 3.58. The van der Waals surface area contributed by atoms with Crippen molar-refractivity contribution >= 4 is 21.7 Å². The summed E-state index contributed by atoms with van der Waals surface area (Å²) < 4.78 is 0. The maximum Gasteiger partial charge on any atom is 0.0784 e. The molecule has 0 radical (unpaired) electrons. The van der Waals surface area contributed by atoms with Gasteiger partial charge in [-0.3, -0.25) is 4.98 Å². The van der Waals surface area contributed by atoms with Gasteiger partial charge in [0.25, 0.3) is 0 Å². The third-order valence-electron chi connectivity index (χ3n) is 3.43. The van der Waals surface area contributed by atoms with Gasteiger partial charge in [0, 0.05) is 16.8 Å². The summed E-state index contributed by atoms with van der Waals surface area (Å²) in [6.07, 6.45) is 0.906. The molecule has 3 rings (SSSR count). The molecular weight excluding hydrogens is 220 g/mol. The number of nitrogens with two attached hydrogens (primary N) is 1. The Bertz CT molecular complexity index is 704. The molecule has 1 aromatic heterocycles. The Kier molecular flexibility index (Phi) is 2.73. The molecule has 1 heterocycles. The first kappa shape index (κ1) is 11.2. The van der Waals surface area contributed by atoms with E-state index in [0.29, 0.717) is 0 Å². The van der Waals surface area contributed by atoms with Crippen molar-refractivity contribution < 1.29 is 0 Å². The molecule has 2 N–H and O–H groups in total. The molecule has 1 unspecified atom stereocenters. The molecule has 2 aromatic carbocycles. The van der Waals surface area contributed by atoms with Gasteiger partial charge in [0.1, 0.15) is 0 Å². The van der Waals surface area contributed by atoms with Crippen LogP contribution in [0.25, 0.3) is 21.7 Å². The molecule has 3 aromatic rings. The zero-order valence-electron chi connectivity index (χ0n) is 10.4. The van der Waals surface area contributed by atoms with E-state index in [-0.39, 0.29) is 6.04 Å². The van der Waals surface area contributed by atoms with Gasteiger partial charge in [0.15, 0.2) is 0 Å². The second kappa shape index (κ2) is 4.39. The van der Waals surface area contributed by atoms with Crippen molar-refractivity contribution in [3.8, 4) is 0 Å². The van der Waals surface area contributed by atoms with Crippen LogP contribution < -0.4 is 5.73 Å². The van der Waals surface area contributed by atoms with E-state index in [2.05, 4.69) is 49.4 Å². The maximum absolute atomic E-state index is 6.07. The number of hydrogen-bond acceptors (Lipinski definition) is 2. The number of nitrogens with zero attached hydrogens (tertiary/aromatic N) is 1. The third-order valence-corrected chi connectivity index (χ3v) is 3.43. The Balaban J connectivity index is 2.33. The van der Waals surface area contributed by atoms with Crippen molar-refractivity contribution in [3.63, 3.8) is 0 Å². The molecule has 0 saturated heterocycles. The Labute approximate surface area is 106 Å². The lowest BCUT2D eigenvalue weighted by molar-refractivity contribution is 0.679. The lowest BCUT2D eigenvalue weighted by atomic mass is 10.0. The number of pyridine rings is 1. The van der Waals surface area contributed by atoms with Crippen molar-refractivity contribution in [3.05, 3.63) is 54.2 Å². The minimum absolute atomic E-state index is 0.0216. The molecule has 0 aliphatic rings. The van der Waals surface area contributed by atoms with Gasteiger partial charge in [-0.15, -0.1) is 0 Å².